The maximum Gasteiger partial charge on any atom is 0.125 e. The molecular weight excluding hydrogens is 655 g/mol. The number of nitrogens with zero attached hydrogens (tertiary/aromatic N) is 1. The van der Waals surface area contributed by atoms with Crippen LogP contribution < -0.4 is 0 Å². The Bertz CT molecular complexity index is 2440. The average molecular weight is 694 g/mol. The smallest absolute Gasteiger partial charge is 0.125 e. The number of rotatable bonds is 9. The summed E-state index contributed by atoms with van der Waals surface area (Å²) in [5, 5.41) is 12.4. The van der Waals surface area contributed by atoms with Crippen LogP contribution in [0.3, 0.4) is 0 Å². The summed E-state index contributed by atoms with van der Waals surface area (Å²) in [6.07, 6.45) is 1.81. The minimum atomic E-state index is 0.150. The SMILES string of the molecule is CC(C=C(O)c1c(-c2ccccc2)cc(-c2ccccc2)cc1-c1ccccc1)=Nc1c(-c2ccccc2)cc(-c2ccccc2)cc1-c1ccccc1. The van der Waals surface area contributed by atoms with Crippen LogP contribution in [0.25, 0.3) is 72.5 Å². The van der Waals surface area contributed by atoms with Gasteiger partial charge in [-0.3, -0.25) is 4.99 Å². The van der Waals surface area contributed by atoms with Gasteiger partial charge < -0.3 is 5.11 Å². The number of benzene rings is 8. The standard InChI is InChI=1S/C52H39NO/c1-37(53-52-48(42-28-16-6-17-29-42)35-45(39-22-10-3-11-23-39)36-49(52)43-30-18-7-19-31-43)32-50(54)51-46(40-24-12-4-13-25-40)33-44(38-20-8-2-9-21-38)34-47(51)41-26-14-5-15-27-41/h2-36,54H,1H3. The van der Waals surface area contributed by atoms with Crippen molar-refractivity contribution in [3.8, 4) is 66.8 Å². The zero-order valence-electron chi connectivity index (χ0n) is 30.1. The van der Waals surface area contributed by atoms with Crippen molar-refractivity contribution >= 4 is 17.2 Å². The third-order valence-corrected chi connectivity index (χ3v) is 9.69. The average Bonchev–Trinajstić information content (AvgIpc) is 3.25. The predicted molar refractivity (Wildman–Crippen MR) is 229 cm³/mol. The Morgan fingerprint density at radius 3 is 0.981 bits per heavy atom. The van der Waals surface area contributed by atoms with E-state index in [-0.39, 0.29) is 5.76 Å². The highest BCUT2D eigenvalue weighted by Crippen LogP contribution is 2.44. The lowest BCUT2D eigenvalue weighted by Crippen LogP contribution is -1.98. The van der Waals surface area contributed by atoms with Crippen LogP contribution >= 0.6 is 0 Å². The van der Waals surface area contributed by atoms with Crippen LogP contribution in [0.5, 0.6) is 0 Å². The van der Waals surface area contributed by atoms with Gasteiger partial charge in [0.25, 0.3) is 0 Å². The highest BCUT2D eigenvalue weighted by atomic mass is 16.3. The molecule has 0 unspecified atom stereocenters. The Morgan fingerprint density at radius 2 is 0.648 bits per heavy atom. The van der Waals surface area contributed by atoms with Gasteiger partial charge in [0.15, 0.2) is 0 Å². The Hall–Kier alpha value is -7.03. The molecule has 0 aliphatic heterocycles. The van der Waals surface area contributed by atoms with Gasteiger partial charge in [-0.25, -0.2) is 0 Å². The molecule has 0 aliphatic carbocycles. The summed E-state index contributed by atoms with van der Waals surface area (Å²) in [5.41, 5.74) is 14.8. The lowest BCUT2D eigenvalue weighted by atomic mass is 9.86. The molecule has 258 valence electrons. The molecule has 0 aliphatic rings. The van der Waals surface area contributed by atoms with Crippen molar-refractivity contribution in [1.29, 1.82) is 0 Å². The van der Waals surface area contributed by atoms with Crippen molar-refractivity contribution in [1.82, 2.24) is 0 Å². The van der Waals surface area contributed by atoms with Gasteiger partial charge in [-0.15, -0.1) is 0 Å². The minimum absolute atomic E-state index is 0.150. The second kappa shape index (κ2) is 15.7. The fourth-order valence-corrected chi connectivity index (χ4v) is 7.11. The second-order valence-corrected chi connectivity index (χ2v) is 13.3. The van der Waals surface area contributed by atoms with E-state index in [1.807, 2.05) is 73.7 Å². The molecule has 0 amide bonds. The highest BCUT2D eigenvalue weighted by Gasteiger charge is 2.20. The number of hydrogen-bond acceptors (Lipinski definition) is 2. The van der Waals surface area contributed by atoms with Gasteiger partial charge in [-0.2, -0.15) is 0 Å². The summed E-state index contributed by atoms with van der Waals surface area (Å²) < 4.78 is 0. The molecule has 0 radical (unpaired) electrons. The monoisotopic (exact) mass is 693 g/mol. The first-order chi connectivity index (χ1) is 26.6. The Morgan fingerprint density at radius 1 is 0.370 bits per heavy atom. The van der Waals surface area contributed by atoms with Gasteiger partial charge >= 0.3 is 0 Å². The van der Waals surface area contributed by atoms with Crippen molar-refractivity contribution in [2.75, 3.05) is 0 Å². The molecule has 0 fully saturated rings. The Balaban J connectivity index is 1.36. The molecule has 0 spiro atoms. The van der Waals surface area contributed by atoms with Crippen LogP contribution in [0.1, 0.15) is 12.5 Å². The summed E-state index contributed by atoms with van der Waals surface area (Å²) in [7, 11) is 0. The normalized spacial score (nSPS) is 11.7. The molecule has 0 bridgehead atoms. The van der Waals surface area contributed by atoms with Crippen molar-refractivity contribution < 1.29 is 5.11 Å². The summed E-state index contributed by atoms with van der Waals surface area (Å²) in [4.78, 5) is 5.36. The van der Waals surface area contributed by atoms with E-state index >= 15 is 0 Å². The van der Waals surface area contributed by atoms with Gasteiger partial charge in [0.2, 0.25) is 0 Å². The van der Waals surface area contributed by atoms with E-state index in [4.69, 9.17) is 4.99 Å². The molecule has 0 saturated carbocycles. The van der Waals surface area contributed by atoms with E-state index < -0.39 is 0 Å². The molecule has 1 N–H and O–H groups in total. The topological polar surface area (TPSA) is 32.6 Å². The lowest BCUT2D eigenvalue weighted by Gasteiger charge is -2.19. The molecular formula is C52H39NO. The van der Waals surface area contributed by atoms with Crippen molar-refractivity contribution in [2.45, 2.75) is 6.92 Å². The first-order valence-electron chi connectivity index (χ1n) is 18.3. The molecule has 0 saturated heterocycles. The van der Waals surface area contributed by atoms with Crippen LogP contribution in [0.4, 0.5) is 5.69 Å². The predicted octanol–water partition coefficient (Wildman–Crippen LogP) is 14.4. The van der Waals surface area contributed by atoms with Crippen LogP contribution in [0, 0.1) is 0 Å². The van der Waals surface area contributed by atoms with E-state index in [9.17, 15) is 5.11 Å². The van der Waals surface area contributed by atoms with Crippen LogP contribution in [-0.2, 0) is 0 Å². The summed E-state index contributed by atoms with van der Waals surface area (Å²) >= 11 is 0. The Kier molecular flexibility index (Phi) is 9.90. The maximum absolute atomic E-state index is 12.4. The Labute approximate surface area is 317 Å². The van der Waals surface area contributed by atoms with Crippen molar-refractivity contribution in [2.24, 2.45) is 4.99 Å². The fraction of sp³-hybridized carbons (Fsp3) is 0.0192. The van der Waals surface area contributed by atoms with Gasteiger partial charge in [-0.05, 0) is 86.8 Å². The van der Waals surface area contributed by atoms with Crippen molar-refractivity contribution in [3.05, 3.63) is 218 Å². The van der Waals surface area contributed by atoms with Gasteiger partial charge in [0.05, 0.1) is 5.69 Å². The van der Waals surface area contributed by atoms with E-state index in [2.05, 4.69) is 146 Å². The zero-order chi connectivity index (χ0) is 36.7. The second-order valence-electron chi connectivity index (χ2n) is 13.3. The highest BCUT2D eigenvalue weighted by molar-refractivity contribution is 6.05. The summed E-state index contributed by atoms with van der Waals surface area (Å²) in [5.74, 6) is 0.150. The zero-order valence-corrected chi connectivity index (χ0v) is 30.1. The third kappa shape index (κ3) is 7.32. The minimum Gasteiger partial charge on any atom is -0.507 e. The molecule has 0 atom stereocenters. The number of aliphatic imine (C=N–C) groups is 1. The maximum atomic E-state index is 12.4. The fourth-order valence-electron chi connectivity index (χ4n) is 7.11. The largest absolute Gasteiger partial charge is 0.507 e. The molecule has 0 heterocycles. The van der Waals surface area contributed by atoms with Gasteiger partial charge in [0.1, 0.15) is 5.76 Å². The first-order valence-corrected chi connectivity index (χ1v) is 18.3. The molecule has 54 heavy (non-hydrogen) atoms. The molecule has 2 heteroatoms. The number of allylic oxidation sites excluding steroid dienone is 1. The molecule has 0 aromatic heterocycles. The lowest BCUT2D eigenvalue weighted by molar-refractivity contribution is 0.513. The van der Waals surface area contributed by atoms with E-state index in [1.54, 1.807) is 0 Å². The molecule has 8 rings (SSSR count). The number of aliphatic hydroxyl groups excluding tert-OH is 1. The van der Waals surface area contributed by atoms with Crippen molar-refractivity contribution in [3.63, 3.8) is 0 Å². The van der Waals surface area contributed by atoms with Crippen LogP contribution in [-0.4, -0.2) is 10.8 Å². The quantitative estimate of drug-likeness (QED) is 0.118. The summed E-state index contributed by atoms with van der Waals surface area (Å²) in [6, 6.07) is 71.2. The van der Waals surface area contributed by atoms with E-state index in [0.717, 1.165) is 78.0 Å². The number of hydrogen-bond donors (Lipinski definition) is 1. The van der Waals surface area contributed by atoms with E-state index in [1.165, 1.54) is 0 Å². The summed E-state index contributed by atoms with van der Waals surface area (Å²) in [6.45, 7) is 1.97. The van der Waals surface area contributed by atoms with Gasteiger partial charge in [-0.1, -0.05) is 182 Å². The van der Waals surface area contributed by atoms with Crippen LogP contribution in [0.15, 0.2) is 217 Å². The van der Waals surface area contributed by atoms with Crippen LogP contribution in [0.2, 0.25) is 0 Å². The van der Waals surface area contributed by atoms with Gasteiger partial charge in [0, 0.05) is 28.5 Å². The molecule has 8 aromatic rings. The number of aliphatic hydroxyl groups is 1. The first kappa shape index (κ1) is 34.1. The van der Waals surface area contributed by atoms with E-state index in [0.29, 0.717) is 5.71 Å². The molecule has 8 aromatic carbocycles. The third-order valence-electron chi connectivity index (χ3n) is 9.69. The molecule has 2 nitrogen and oxygen atoms in total.